The molecule has 0 spiro atoms. The van der Waals surface area contributed by atoms with Crippen molar-refractivity contribution in [2.24, 2.45) is 0 Å². The van der Waals surface area contributed by atoms with Crippen molar-refractivity contribution in [2.45, 2.75) is 25.7 Å². The predicted molar refractivity (Wildman–Crippen MR) is 76.8 cm³/mol. The molecule has 10 heteroatoms. The Balaban J connectivity index is 1.78. The van der Waals surface area contributed by atoms with E-state index in [0.717, 1.165) is 6.07 Å². The molecule has 0 unspecified atom stereocenters. The van der Waals surface area contributed by atoms with E-state index in [-0.39, 0.29) is 23.9 Å². The van der Waals surface area contributed by atoms with Crippen molar-refractivity contribution in [1.82, 2.24) is 29.7 Å². The Morgan fingerprint density at radius 3 is 2.75 bits per heavy atom. The highest BCUT2D eigenvalue weighted by atomic mass is 19.4. The molecule has 0 aliphatic carbocycles. The van der Waals surface area contributed by atoms with Gasteiger partial charge in [-0.15, -0.1) is 10.2 Å². The van der Waals surface area contributed by atoms with E-state index in [1.54, 1.807) is 25.4 Å². The van der Waals surface area contributed by atoms with Crippen LogP contribution in [0, 0.1) is 0 Å². The van der Waals surface area contributed by atoms with E-state index in [0.29, 0.717) is 0 Å². The molecule has 0 aromatic carbocycles. The van der Waals surface area contributed by atoms with Crippen LogP contribution in [0.4, 0.5) is 13.2 Å². The van der Waals surface area contributed by atoms with E-state index in [2.05, 4.69) is 20.6 Å². The summed E-state index contributed by atoms with van der Waals surface area (Å²) in [6.07, 6.45) is 0.0917. The van der Waals surface area contributed by atoms with Crippen LogP contribution in [0.5, 0.6) is 0 Å². The molecule has 3 heterocycles. The van der Waals surface area contributed by atoms with Gasteiger partial charge in [-0.1, -0.05) is 0 Å². The zero-order valence-corrected chi connectivity index (χ0v) is 12.5. The molecular weight excluding hydrogens is 325 g/mol. The van der Waals surface area contributed by atoms with E-state index in [1.165, 1.54) is 21.3 Å². The van der Waals surface area contributed by atoms with Gasteiger partial charge in [0.25, 0.3) is 0 Å². The van der Waals surface area contributed by atoms with Gasteiger partial charge >= 0.3 is 6.18 Å². The molecule has 0 bridgehead atoms. The van der Waals surface area contributed by atoms with Gasteiger partial charge in [-0.3, -0.25) is 13.9 Å². The molecule has 3 rings (SSSR count). The molecule has 1 amide bonds. The van der Waals surface area contributed by atoms with Crippen molar-refractivity contribution in [2.75, 3.05) is 0 Å². The lowest BCUT2D eigenvalue weighted by molar-refractivity contribution is -0.136. The zero-order chi connectivity index (χ0) is 17.3. The summed E-state index contributed by atoms with van der Waals surface area (Å²) in [4.78, 5) is 12.1. The smallest absolute Gasteiger partial charge is 0.347 e. The summed E-state index contributed by atoms with van der Waals surface area (Å²) in [7, 11) is 0. The first-order valence-corrected chi connectivity index (χ1v) is 7.04. The Kier molecular flexibility index (Phi) is 3.96. The fourth-order valence-electron chi connectivity index (χ4n) is 2.25. The van der Waals surface area contributed by atoms with Gasteiger partial charge in [0, 0.05) is 18.6 Å². The normalized spacial score (nSPS) is 13.2. The lowest BCUT2D eigenvalue weighted by atomic mass is 10.2. The number of hydrogen-bond donors (Lipinski definition) is 1. The number of nitrogens with one attached hydrogen (secondary N) is 1. The van der Waals surface area contributed by atoms with Gasteiger partial charge < -0.3 is 5.32 Å². The number of amides is 1. The monoisotopic (exact) mass is 338 g/mol. The summed E-state index contributed by atoms with van der Waals surface area (Å²) in [5.74, 6) is -0.125. The number of nitrogens with zero attached hydrogens (tertiary/aromatic N) is 5. The second-order valence-electron chi connectivity index (χ2n) is 5.11. The maximum absolute atomic E-state index is 12.9. The molecular formula is C14H13F3N6O. The lowest BCUT2D eigenvalue weighted by Crippen LogP contribution is -2.31. The van der Waals surface area contributed by atoms with E-state index in [4.69, 9.17) is 0 Å². The molecule has 3 aromatic heterocycles. The van der Waals surface area contributed by atoms with Crippen molar-refractivity contribution in [3.8, 4) is 0 Å². The highest BCUT2D eigenvalue weighted by molar-refractivity contribution is 5.79. The maximum Gasteiger partial charge on any atom is 0.420 e. The summed E-state index contributed by atoms with van der Waals surface area (Å²) in [6, 6.07) is 3.34. The highest BCUT2D eigenvalue weighted by Crippen LogP contribution is 2.31. The molecule has 3 aromatic rings. The largest absolute Gasteiger partial charge is 0.420 e. The van der Waals surface area contributed by atoms with Crippen LogP contribution in [0.25, 0.3) is 5.65 Å². The van der Waals surface area contributed by atoms with E-state index in [9.17, 15) is 18.0 Å². The second kappa shape index (κ2) is 5.95. The second-order valence-corrected chi connectivity index (χ2v) is 5.11. The summed E-state index contributed by atoms with van der Waals surface area (Å²) >= 11 is 0. The van der Waals surface area contributed by atoms with Crippen LogP contribution in [0.3, 0.4) is 0 Å². The van der Waals surface area contributed by atoms with Crippen LogP contribution in [0.15, 0.2) is 36.8 Å². The lowest BCUT2D eigenvalue weighted by Gasteiger charge is -2.12. The van der Waals surface area contributed by atoms with Crippen LogP contribution in [-0.2, 0) is 17.5 Å². The Labute approximate surface area is 134 Å². The molecule has 0 aliphatic rings. The van der Waals surface area contributed by atoms with Crippen molar-refractivity contribution in [1.29, 1.82) is 0 Å². The van der Waals surface area contributed by atoms with E-state index >= 15 is 0 Å². The summed E-state index contributed by atoms with van der Waals surface area (Å²) in [5, 5.41) is 13.9. The number of hydrogen-bond acceptors (Lipinski definition) is 4. The van der Waals surface area contributed by atoms with Crippen LogP contribution in [-0.4, -0.2) is 30.3 Å². The van der Waals surface area contributed by atoms with Gasteiger partial charge in [-0.2, -0.15) is 18.3 Å². The third-order valence-corrected chi connectivity index (χ3v) is 3.53. The minimum Gasteiger partial charge on any atom is -0.347 e. The van der Waals surface area contributed by atoms with Crippen LogP contribution < -0.4 is 5.32 Å². The molecule has 0 saturated heterocycles. The fraction of sp³-hybridized carbons (Fsp3) is 0.286. The number of halogens is 3. The highest BCUT2D eigenvalue weighted by Gasteiger charge is 2.34. The number of alkyl halides is 3. The Morgan fingerprint density at radius 1 is 1.29 bits per heavy atom. The molecule has 126 valence electrons. The van der Waals surface area contributed by atoms with Crippen LogP contribution >= 0.6 is 0 Å². The summed E-state index contributed by atoms with van der Waals surface area (Å²) in [5.41, 5.74) is -1.17. The van der Waals surface area contributed by atoms with Gasteiger partial charge in [0.05, 0.1) is 6.54 Å². The first-order valence-electron chi connectivity index (χ1n) is 7.04. The Bertz CT molecular complexity index is 855. The summed E-state index contributed by atoms with van der Waals surface area (Å²) in [6.45, 7) is 1.61. The van der Waals surface area contributed by atoms with Crippen molar-refractivity contribution < 1.29 is 18.0 Å². The Hall–Kier alpha value is -2.91. The molecule has 0 aliphatic heterocycles. The van der Waals surface area contributed by atoms with Gasteiger partial charge in [-0.25, -0.2) is 0 Å². The van der Waals surface area contributed by atoms with E-state index in [1.807, 2.05) is 0 Å². The number of fused-ring (bicyclic) bond motifs is 1. The average Bonchev–Trinajstić information content (AvgIpc) is 3.20. The SMILES string of the molecule is C[C@@H](C(=O)NCc1nnc2c(C(F)(F)F)cccn12)n1cccn1. The molecule has 24 heavy (non-hydrogen) atoms. The van der Waals surface area contributed by atoms with Gasteiger partial charge in [0.2, 0.25) is 5.91 Å². The predicted octanol–water partition coefficient (Wildman–Crippen LogP) is 1.82. The number of pyridine rings is 1. The van der Waals surface area contributed by atoms with Crippen LogP contribution in [0.1, 0.15) is 24.4 Å². The van der Waals surface area contributed by atoms with E-state index < -0.39 is 17.8 Å². The molecule has 1 atom stereocenters. The third-order valence-electron chi connectivity index (χ3n) is 3.53. The topological polar surface area (TPSA) is 77.1 Å². The van der Waals surface area contributed by atoms with Gasteiger partial charge in [-0.05, 0) is 25.1 Å². The number of rotatable bonds is 4. The quantitative estimate of drug-likeness (QED) is 0.787. The number of carbonyl (C=O) groups excluding carboxylic acids is 1. The van der Waals surface area contributed by atoms with Crippen molar-refractivity contribution in [3.05, 3.63) is 48.2 Å². The number of aromatic nitrogens is 5. The molecule has 0 fully saturated rings. The summed E-state index contributed by atoms with van der Waals surface area (Å²) < 4.78 is 41.5. The molecule has 7 nitrogen and oxygen atoms in total. The van der Waals surface area contributed by atoms with Crippen molar-refractivity contribution >= 4 is 11.6 Å². The fourth-order valence-corrected chi connectivity index (χ4v) is 2.25. The first kappa shape index (κ1) is 16.0. The first-order chi connectivity index (χ1) is 11.4. The molecule has 0 radical (unpaired) electrons. The third kappa shape index (κ3) is 2.94. The zero-order valence-electron chi connectivity index (χ0n) is 12.5. The molecule has 1 N–H and O–H groups in total. The number of carbonyl (C=O) groups is 1. The van der Waals surface area contributed by atoms with Gasteiger partial charge in [0.1, 0.15) is 11.6 Å². The maximum atomic E-state index is 12.9. The van der Waals surface area contributed by atoms with Crippen molar-refractivity contribution in [3.63, 3.8) is 0 Å². The van der Waals surface area contributed by atoms with Gasteiger partial charge in [0.15, 0.2) is 11.5 Å². The average molecular weight is 338 g/mol. The minimum atomic E-state index is -4.52. The Morgan fingerprint density at radius 2 is 2.08 bits per heavy atom. The minimum absolute atomic E-state index is 0.0487. The van der Waals surface area contributed by atoms with Crippen LogP contribution in [0.2, 0.25) is 0 Å². The standard InChI is InChI=1S/C14H13F3N6O/c1-9(23-7-3-5-19-23)13(24)18-8-11-20-21-12-10(14(15,16)17)4-2-6-22(11)12/h2-7,9H,8H2,1H3,(H,18,24)/t9-/m0/s1. The molecule has 0 saturated carbocycles.